The molecule has 1 fully saturated rings. The van der Waals surface area contributed by atoms with Gasteiger partial charge in [0.15, 0.2) is 0 Å². The van der Waals surface area contributed by atoms with Gasteiger partial charge in [0.1, 0.15) is 10.6 Å². The molecule has 6 heteroatoms. The fourth-order valence-electron chi connectivity index (χ4n) is 3.76. The van der Waals surface area contributed by atoms with Crippen LogP contribution < -0.4 is 5.32 Å². The number of nitrogens with zero attached hydrogens (tertiary/aromatic N) is 1. The van der Waals surface area contributed by atoms with E-state index in [1.54, 1.807) is 12.1 Å². The van der Waals surface area contributed by atoms with Gasteiger partial charge in [-0.25, -0.2) is 0 Å². The molecule has 2 amide bonds. The third kappa shape index (κ3) is 4.68. The van der Waals surface area contributed by atoms with Crippen molar-refractivity contribution >= 4 is 35.2 Å². The second kappa shape index (κ2) is 9.06. The summed E-state index contributed by atoms with van der Waals surface area (Å²) < 4.78 is 0. The Morgan fingerprint density at radius 1 is 0.931 bits per heavy atom. The number of thioether (sulfide) groups is 1. The fourth-order valence-corrected chi connectivity index (χ4v) is 4.84. The van der Waals surface area contributed by atoms with E-state index >= 15 is 0 Å². The summed E-state index contributed by atoms with van der Waals surface area (Å²) in [6.45, 7) is 0.277. The lowest BCUT2D eigenvalue weighted by Gasteiger charge is -2.24. The van der Waals surface area contributed by atoms with Gasteiger partial charge < -0.3 is 5.32 Å². The Morgan fingerprint density at radius 3 is 2.31 bits per heavy atom. The van der Waals surface area contributed by atoms with E-state index in [0.717, 1.165) is 36.1 Å². The lowest BCUT2D eigenvalue weighted by atomic mass is 9.95. The molecular weight excluding hydrogens is 404 g/mol. The molecule has 1 aliphatic heterocycles. The first-order chi connectivity index (χ1) is 14.1. The van der Waals surface area contributed by atoms with Crippen LogP contribution >= 0.6 is 23.4 Å². The van der Waals surface area contributed by atoms with Gasteiger partial charge in [-0.05, 0) is 42.7 Å². The molecule has 29 heavy (non-hydrogen) atoms. The van der Waals surface area contributed by atoms with E-state index in [9.17, 15) is 9.59 Å². The molecule has 1 N–H and O–H groups in total. The Balaban J connectivity index is 1.61. The number of halogens is 1. The first kappa shape index (κ1) is 20.0. The topological polar surface area (TPSA) is 49.4 Å². The number of amides is 2. The standard InChI is InChI=1S/C23H23ClN2O2S/c24-17-11-13-19(14-12-17)29-21-20(25-18-9-5-2-6-10-18)22(27)26(23(21)28)15-16-7-3-1-4-8-16/h1,3-4,7-8,11-14,18,25H,2,5-6,9-10,15H2. The Hall–Kier alpha value is -2.24. The molecule has 1 saturated carbocycles. The fraction of sp³-hybridized carbons (Fsp3) is 0.304. The van der Waals surface area contributed by atoms with Crippen LogP contribution in [0.25, 0.3) is 0 Å². The van der Waals surface area contributed by atoms with E-state index in [1.165, 1.54) is 23.1 Å². The molecule has 2 aromatic rings. The van der Waals surface area contributed by atoms with Gasteiger partial charge in [-0.1, -0.05) is 73.0 Å². The Labute approximate surface area is 180 Å². The minimum absolute atomic E-state index is 0.235. The molecule has 0 saturated heterocycles. The van der Waals surface area contributed by atoms with Crippen molar-refractivity contribution in [2.45, 2.75) is 49.6 Å². The van der Waals surface area contributed by atoms with Crippen molar-refractivity contribution in [2.24, 2.45) is 0 Å². The van der Waals surface area contributed by atoms with E-state index in [-0.39, 0.29) is 24.4 Å². The highest BCUT2D eigenvalue weighted by Gasteiger charge is 2.39. The molecule has 0 bridgehead atoms. The van der Waals surface area contributed by atoms with Crippen molar-refractivity contribution in [1.82, 2.24) is 10.2 Å². The van der Waals surface area contributed by atoms with Gasteiger partial charge in [0, 0.05) is 16.0 Å². The monoisotopic (exact) mass is 426 g/mol. The maximum Gasteiger partial charge on any atom is 0.278 e. The molecule has 2 aromatic carbocycles. The molecule has 0 atom stereocenters. The second-order valence-corrected chi connectivity index (χ2v) is 8.94. The minimum atomic E-state index is -0.239. The van der Waals surface area contributed by atoms with E-state index < -0.39 is 0 Å². The van der Waals surface area contributed by atoms with Gasteiger partial charge in [-0.2, -0.15) is 0 Å². The largest absolute Gasteiger partial charge is 0.377 e. The van der Waals surface area contributed by atoms with Crippen LogP contribution in [0.4, 0.5) is 0 Å². The van der Waals surface area contributed by atoms with Crippen LogP contribution in [0.3, 0.4) is 0 Å². The zero-order chi connectivity index (χ0) is 20.2. The number of benzene rings is 2. The van der Waals surface area contributed by atoms with Gasteiger partial charge in [-0.3, -0.25) is 14.5 Å². The molecule has 0 unspecified atom stereocenters. The maximum atomic E-state index is 13.2. The number of rotatable bonds is 6. The summed E-state index contributed by atoms with van der Waals surface area (Å²) in [7, 11) is 0. The zero-order valence-corrected chi connectivity index (χ0v) is 17.6. The Kier molecular flexibility index (Phi) is 6.26. The highest BCUT2D eigenvalue weighted by atomic mass is 35.5. The van der Waals surface area contributed by atoms with Crippen molar-refractivity contribution in [3.05, 3.63) is 75.8 Å². The summed E-state index contributed by atoms with van der Waals surface area (Å²) in [5.74, 6) is -0.474. The van der Waals surface area contributed by atoms with Crippen LogP contribution in [0, 0.1) is 0 Å². The molecule has 4 nitrogen and oxygen atoms in total. The Bertz CT molecular complexity index is 922. The average Bonchev–Trinajstić information content (AvgIpc) is 2.96. The lowest BCUT2D eigenvalue weighted by molar-refractivity contribution is -0.138. The SMILES string of the molecule is O=C1C(NC2CCCCC2)=C(Sc2ccc(Cl)cc2)C(=O)N1Cc1ccccc1. The number of carbonyl (C=O) groups excluding carboxylic acids is 2. The van der Waals surface area contributed by atoms with Crippen LogP contribution in [0.5, 0.6) is 0 Å². The normalized spacial score (nSPS) is 17.9. The first-order valence-electron chi connectivity index (χ1n) is 9.96. The van der Waals surface area contributed by atoms with Crippen LogP contribution in [0.1, 0.15) is 37.7 Å². The predicted molar refractivity (Wildman–Crippen MR) is 116 cm³/mol. The number of carbonyl (C=O) groups is 2. The molecule has 0 radical (unpaired) electrons. The zero-order valence-electron chi connectivity index (χ0n) is 16.1. The second-order valence-electron chi connectivity index (χ2n) is 7.42. The van der Waals surface area contributed by atoms with E-state index in [4.69, 9.17) is 11.6 Å². The number of imide groups is 1. The number of hydrogen-bond acceptors (Lipinski definition) is 4. The van der Waals surface area contributed by atoms with Gasteiger partial charge in [0.05, 0.1) is 6.54 Å². The maximum absolute atomic E-state index is 13.2. The van der Waals surface area contributed by atoms with Crippen molar-refractivity contribution in [3.63, 3.8) is 0 Å². The summed E-state index contributed by atoms with van der Waals surface area (Å²) in [4.78, 5) is 29.1. The van der Waals surface area contributed by atoms with Gasteiger partial charge in [0.25, 0.3) is 11.8 Å². The van der Waals surface area contributed by atoms with Gasteiger partial charge in [-0.15, -0.1) is 0 Å². The average molecular weight is 427 g/mol. The van der Waals surface area contributed by atoms with E-state index in [2.05, 4.69) is 5.32 Å². The summed E-state index contributed by atoms with van der Waals surface area (Å²) in [6.07, 6.45) is 5.60. The molecule has 0 spiro atoms. The van der Waals surface area contributed by atoms with Crippen molar-refractivity contribution < 1.29 is 9.59 Å². The summed E-state index contributed by atoms with van der Waals surface area (Å²) in [6, 6.07) is 17.2. The highest BCUT2D eigenvalue weighted by molar-refractivity contribution is 8.04. The third-order valence-corrected chi connectivity index (χ3v) is 6.64. The van der Waals surface area contributed by atoms with E-state index in [0.29, 0.717) is 15.6 Å². The summed E-state index contributed by atoms with van der Waals surface area (Å²) in [5, 5.41) is 4.06. The van der Waals surface area contributed by atoms with Gasteiger partial charge >= 0.3 is 0 Å². The first-order valence-corrected chi connectivity index (χ1v) is 11.2. The minimum Gasteiger partial charge on any atom is -0.377 e. The molecule has 150 valence electrons. The van der Waals surface area contributed by atoms with Gasteiger partial charge in [0.2, 0.25) is 0 Å². The van der Waals surface area contributed by atoms with Crippen molar-refractivity contribution in [1.29, 1.82) is 0 Å². The van der Waals surface area contributed by atoms with Crippen LogP contribution in [0.2, 0.25) is 5.02 Å². The smallest absolute Gasteiger partial charge is 0.278 e. The summed E-state index contributed by atoms with van der Waals surface area (Å²) in [5.41, 5.74) is 1.38. The third-order valence-electron chi connectivity index (χ3n) is 5.30. The number of hydrogen-bond donors (Lipinski definition) is 1. The molecule has 1 heterocycles. The van der Waals surface area contributed by atoms with Crippen LogP contribution in [-0.4, -0.2) is 22.8 Å². The molecule has 0 aromatic heterocycles. The molecule has 4 rings (SSSR count). The van der Waals surface area contributed by atoms with E-state index in [1.807, 2.05) is 42.5 Å². The van der Waals surface area contributed by atoms with Crippen LogP contribution in [-0.2, 0) is 16.1 Å². The lowest BCUT2D eigenvalue weighted by Crippen LogP contribution is -2.37. The van der Waals surface area contributed by atoms with Crippen molar-refractivity contribution in [2.75, 3.05) is 0 Å². The Morgan fingerprint density at radius 2 is 1.62 bits per heavy atom. The molecular formula is C23H23ClN2O2S. The quantitative estimate of drug-likeness (QED) is 0.650. The predicted octanol–water partition coefficient (Wildman–Crippen LogP) is 5.14. The van der Waals surface area contributed by atoms with Crippen molar-refractivity contribution in [3.8, 4) is 0 Å². The molecule has 2 aliphatic rings. The molecule has 1 aliphatic carbocycles. The van der Waals surface area contributed by atoms with Crippen LogP contribution in [0.15, 0.2) is 70.1 Å². The summed E-state index contributed by atoms with van der Waals surface area (Å²) >= 11 is 7.32. The number of nitrogens with one attached hydrogen (secondary N) is 1. The highest BCUT2D eigenvalue weighted by Crippen LogP contribution is 2.36.